The largest absolute Gasteiger partial charge is 0.338 e. The second kappa shape index (κ2) is 10.6. The highest BCUT2D eigenvalue weighted by Gasteiger charge is 2.71. The predicted octanol–water partition coefficient (Wildman–Crippen LogP) is 8.94. The van der Waals surface area contributed by atoms with Crippen LogP contribution in [0.2, 0.25) is 0 Å². The monoisotopic (exact) mass is 640 g/mol. The Labute approximate surface area is 277 Å². The molecular formula is C40H62F2N2O2. The fraction of sp³-hybridized carbons (Fsp3) is 0.900. The van der Waals surface area contributed by atoms with Crippen LogP contribution >= 0.6 is 0 Å². The smallest absolute Gasteiger partial charge is 0.261 e. The van der Waals surface area contributed by atoms with Gasteiger partial charge < -0.3 is 4.90 Å². The van der Waals surface area contributed by atoms with Gasteiger partial charge in [-0.3, -0.25) is 14.5 Å². The fourth-order valence-electron chi connectivity index (χ4n) is 13.9. The number of alkyl halides is 2. The molecule has 0 aromatic heterocycles. The minimum atomic E-state index is -2.63. The van der Waals surface area contributed by atoms with Gasteiger partial charge in [0.15, 0.2) is 5.78 Å². The number of fused-ring (bicyclic) bond motifs is 7. The number of allylic oxidation sites excluding steroid dienone is 1. The number of hydrogen-bond donors (Lipinski definition) is 0. The molecule has 1 amide bonds. The molecule has 6 heteroatoms. The second-order valence-electron chi connectivity index (χ2n) is 19.2. The highest BCUT2D eigenvalue weighted by atomic mass is 19.3. The SMILES string of the molecule is CC(C)C1=C2[C@H]3CC[C@@H]4[C@@]5(C)CC[C@H](C)C(C)(C)[C@@H]5CC[C@@]4(C)[C@]3(C)CC[C@@]2(C(=O)N2CCC[C@H]2CN2CCC(F)(F)C2)CC1=O. The first-order valence-corrected chi connectivity index (χ1v) is 19.1. The molecule has 4 nitrogen and oxygen atoms in total. The lowest BCUT2D eigenvalue weighted by Crippen LogP contribution is -2.65. The van der Waals surface area contributed by atoms with Crippen molar-refractivity contribution in [1.82, 2.24) is 9.80 Å². The maximum Gasteiger partial charge on any atom is 0.261 e. The second-order valence-corrected chi connectivity index (χ2v) is 19.2. The lowest BCUT2D eigenvalue weighted by Gasteiger charge is -2.72. The number of hydrogen-bond acceptors (Lipinski definition) is 3. The molecule has 7 rings (SSSR count). The van der Waals surface area contributed by atoms with E-state index in [0.717, 1.165) is 49.5 Å². The lowest BCUT2D eigenvalue weighted by molar-refractivity contribution is -0.220. The molecule has 46 heavy (non-hydrogen) atoms. The van der Waals surface area contributed by atoms with E-state index in [2.05, 4.69) is 60.3 Å². The van der Waals surface area contributed by atoms with Crippen LogP contribution in [0.3, 0.4) is 0 Å². The third-order valence-corrected chi connectivity index (χ3v) is 16.7. The van der Waals surface area contributed by atoms with Crippen molar-refractivity contribution in [3.63, 3.8) is 0 Å². The van der Waals surface area contributed by atoms with Gasteiger partial charge in [0.2, 0.25) is 5.91 Å². The summed E-state index contributed by atoms with van der Waals surface area (Å²) >= 11 is 0. The topological polar surface area (TPSA) is 40.6 Å². The molecule has 2 saturated heterocycles. The van der Waals surface area contributed by atoms with Crippen LogP contribution in [0.1, 0.15) is 132 Å². The van der Waals surface area contributed by atoms with Gasteiger partial charge in [-0.25, -0.2) is 8.78 Å². The van der Waals surface area contributed by atoms with Crippen LogP contribution in [-0.4, -0.2) is 59.6 Å². The van der Waals surface area contributed by atoms with E-state index in [9.17, 15) is 13.6 Å². The van der Waals surface area contributed by atoms with E-state index in [-0.39, 0.29) is 53.4 Å². The van der Waals surface area contributed by atoms with Gasteiger partial charge in [0.05, 0.1) is 12.0 Å². The number of carbonyl (C=O) groups is 2. The Balaban J connectivity index is 1.24. The summed E-state index contributed by atoms with van der Waals surface area (Å²) in [6, 6.07) is -0.0379. The Morgan fingerprint density at radius 3 is 2.28 bits per heavy atom. The molecule has 6 fully saturated rings. The van der Waals surface area contributed by atoms with Crippen molar-refractivity contribution >= 4 is 11.7 Å². The predicted molar refractivity (Wildman–Crippen MR) is 179 cm³/mol. The highest BCUT2D eigenvalue weighted by Crippen LogP contribution is 2.77. The van der Waals surface area contributed by atoms with Crippen molar-refractivity contribution in [1.29, 1.82) is 0 Å². The number of amides is 1. The quantitative estimate of drug-likeness (QED) is 0.308. The maximum atomic E-state index is 15.1. The molecule has 0 aromatic carbocycles. The summed E-state index contributed by atoms with van der Waals surface area (Å²) in [6.45, 7) is 21.1. The van der Waals surface area contributed by atoms with Crippen molar-refractivity contribution in [2.75, 3.05) is 26.2 Å². The van der Waals surface area contributed by atoms with Crippen molar-refractivity contribution in [2.45, 2.75) is 144 Å². The van der Waals surface area contributed by atoms with E-state index >= 15 is 4.79 Å². The average molecular weight is 641 g/mol. The van der Waals surface area contributed by atoms with E-state index in [1.54, 1.807) is 0 Å². The normalized spacial score (nSPS) is 46.7. The zero-order chi connectivity index (χ0) is 33.2. The average Bonchev–Trinajstić information content (AvgIpc) is 3.66. The van der Waals surface area contributed by atoms with Crippen molar-refractivity contribution in [3.8, 4) is 0 Å². The van der Waals surface area contributed by atoms with Crippen LogP contribution in [-0.2, 0) is 9.59 Å². The number of rotatable bonds is 4. The van der Waals surface area contributed by atoms with Crippen LogP contribution in [0.5, 0.6) is 0 Å². The molecule has 0 bridgehead atoms. The van der Waals surface area contributed by atoms with Gasteiger partial charge in [0.25, 0.3) is 5.92 Å². The van der Waals surface area contributed by atoms with Gasteiger partial charge in [-0.2, -0.15) is 0 Å². The van der Waals surface area contributed by atoms with Gasteiger partial charge in [-0.05, 0) is 127 Å². The molecule has 7 aliphatic rings. The number of halogens is 2. The zero-order valence-electron chi connectivity index (χ0n) is 30.2. The number of ketones is 1. The van der Waals surface area contributed by atoms with E-state index in [1.807, 2.05) is 4.90 Å². The third-order valence-electron chi connectivity index (χ3n) is 16.7. The molecule has 258 valence electrons. The van der Waals surface area contributed by atoms with Crippen molar-refractivity contribution in [3.05, 3.63) is 11.1 Å². The van der Waals surface area contributed by atoms with Gasteiger partial charge in [0.1, 0.15) is 0 Å². The molecule has 4 saturated carbocycles. The Morgan fingerprint density at radius 1 is 0.870 bits per heavy atom. The van der Waals surface area contributed by atoms with Crippen LogP contribution in [0.15, 0.2) is 11.1 Å². The summed E-state index contributed by atoms with van der Waals surface area (Å²) in [6.07, 6.45) is 11.2. The summed E-state index contributed by atoms with van der Waals surface area (Å²) in [5.41, 5.74) is 2.35. The van der Waals surface area contributed by atoms with Gasteiger partial charge in [-0.15, -0.1) is 0 Å². The summed E-state index contributed by atoms with van der Waals surface area (Å²) in [7, 11) is 0. The van der Waals surface area contributed by atoms with Crippen molar-refractivity contribution < 1.29 is 18.4 Å². The number of likely N-dealkylation sites (tertiary alicyclic amines) is 2. The molecule has 2 aliphatic heterocycles. The van der Waals surface area contributed by atoms with E-state index in [0.29, 0.717) is 42.8 Å². The fourth-order valence-corrected chi connectivity index (χ4v) is 13.9. The zero-order valence-corrected chi connectivity index (χ0v) is 30.2. The molecule has 9 atom stereocenters. The Hall–Kier alpha value is -1.30. The van der Waals surface area contributed by atoms with Gasteiger partial charge in [0, 0.05) is 38.5 Å². The molecule has 0 N–H and O–H groups in total. The minimum Gasteiger partial charge on any atom is -0.338 e. The molecule has 0 unspecified atom stereocenters. The van der Waals surface area contributed by atoms with Crippen molar-refractivity contribution in [2.24, 2.45) is 56.7 Å². The molecule has 5 aliphatic carbocycles. The third kappa shape index (κ3) is 4.41. The summed E-state index contributed by atoms with van der Waals surface area (Å²) in [5, 5.41) is 0. The molecule has 0 aromatic rings. The Morgan fingerprint density at radius 2 is 1.61 bits per heavy atom. The maximum absolute atomic E-state index is 15.1. The minimum absolute atomic E-state index is 0.0379. The first-order valence-electron chi connectivity index (χ1n) is 19.1. The van der Waals surface area contributed by atoms with Crippen LogP contribution in [0, 0.1) is 56.7 Å². The first kappa shape index (κ1) is 33.2. The molecule has 0 spiro atoms. The first-order chi connectivity index (χ1) is 21.4. The number of carbonyl (C=O) groups excluding carboxylic acids is 2. The molecule has 0 radical (unpaired) electrons. The van der Waals surface area contributed by atoms with Gasteiger partial charge >= 0.3 is 0 Å². The number of Topliss-reactive ketones (excluding diaryl/α,β-unsaturated/α-hetero) is 1. The van der Waals surface area contributed by atoms with E-state index in [1.165, 1.54) is 37.7 Å². The van der Waals surface area contributed by atoms with E-state index < -0.39 is 11.3 Å². The van der Waals surface area contributed by atoms with Gasteiger partial charge in [-0.1, -0.05) is 55.4 Å². The number of nitrogens with zero attached hydrogens (tertiary/aromatic N) is 2. The van der Waals surface area contributed by atoms with Crippen LogP contribution in [0.4, 0.5) is 8.78 Å². The summed E-state index contributed by atoms with van der Waals surface area (Å²) in [4.78, 5) is 33.1. The highest BCUT2D eigenvalue weighted by molar-refractivity contribution is 6.07. The lowest BCUT2D eigenvalue weighted by atomic mass is 9.32. The molecular weight excluding hydrogens is 578 g/mol. The Kier molecular flexibility index (Phi) is 7.65. The molecule has 2 heterocycles. The van der Waals surface area contributed by atoms with Crippen LogP contribution < -0.4 is 0 Å². The Bertz CT molecular complexity index is 1320. The van der Waals surface area contributed by atoms with E-state index in [4.69, 9.17) is 0 Å². The van der Waals surface area contributed by atoms with Crippen LogP contribution in [0.25, 0.3) is 0 Å². The standard InChI is InChI=1S/C40H62F2N2O2/c1-25(2)32-29(45)22-39(34(46)44-20-9-10-27(44)23-43-21-19-40(41,42)24-43)18-17-37(7)28(33(32)39)11-12-31-36(6)15-13-26(3)35(4,5)30(36)14-16-38(31,37)8/h25-28,30-31H,9-24H2,1-8H3/t26-,27-,28+,30-,31+,36-,37+,38+,39+/m0/s1. The summed E-state index contributed by atoms with van der Waals surface area (Å²) < 4.78 is 28.2. The summed E-state index contributed by atoms with van der Waals surface area (Å²) in [5.74, 6) is 0.226.